The maximum absolute atomic E-state index is 13.2. The molecule has 0 N–H and O–H groups in total. The maximum atomic E-state index is 13.2. The molecule has 0 bridgehead atoms. The van der Waals surface area contributed by atoms with Gasteiger partial charge in [0.15, 0.2) is 0 Å². The quantitative estimate of drug-likeness (QED) is 0.435. The largest absolute Gasteiger partial charge is 0.442 e. The fourth-order valence-corrected chi connectivity index (χ4v) is 3.26. The van der Waals surface area contributed by atoms with Gasteiger partial charge < -0.3 is 8.98 Å². The number of fused-ring (bicyclic) bond motifs is 1. The Kier molecular flexibility index (Phi) is 4.54. The molecule has 0 spiro atoms. The van der Waals surface area contributed by atoms with Crippen LogP contribution in [0.5, 0.6) is 0 Å². The van der Waals surface area contributed by atoms with Crippen LogP contribution in [0.3, 0.4) is 0 Å². The fraction of sp³-hybridized carbons (Fsp3) is 0.130. The average molecular weight is 371 g/mol. The normalized spacial score (nSPS) is 11.4. The number of nitrogens with zero attached hydrogens (tertiary/aromatic N) is 3. The van der Waals surface area contributed by atoms with Crippen LogP contribution in [0.1, 0.15) is 28.0 Å². The number of hydrogen-bond acceptors (Lipinski definition) is 3. The molecule has 0 unspecified atom stereocenters. The van der Waals surface area contributed by atoms with E-state index in [4.69, 9.17) is 4.42 Å². The molecule has 28 heavy (non-hydrogen) atoms. The van der Waals surface area contributed by atoms with E-state index in [0.717, 1.165) is 27.6 Å². The van der Waals surface area contributed by atoms with E-state index in [-0.39, 0.29) is 5.82 Å². The molecule has 2 aromatic heterocycles. The zero-order valence-electron chi connectivity index (χ0n) is 15.6. The zero-order chi connectivity index (χ0) is 19.7. The van der Waals surface area contributed by atoms with Crippen molar-refractivity contribution in [2.45, 2.75) is 20.4 Å². The van der Waals surface area contributed by atoms with Crippen LogP contribution in [0.4, 0.5) is 10.3 Å². The molecule has 0 radical (unpaired) electrons. The lowest BCUT2D eigenvalue weighted by atomic mass is 10.2. The molecular weight excluding hydrogens is 353 g/mol. The molecule has 0 aliphatic carbocycles. The topological polar surface area (TPSA) is 54.2 Å². The first-order valence-electron chi connectivity index (χ1n) is 8.93. The molecule has 2 aromatic carbocycles. The van der Waals surface area contributed by atoms with Crippen LogP contribution in [0, 0.1) is 31.0 Å². The van der Waals surface area contributed by atoms with Crippen molar-refractivity contribution in [1.82, 2.24) is 4.57 Å². The summed E-state index contributed by atoms with van der Waals surface area (Å²) in [5.74, 6) is 0.779. The first kappa shape index (κ1) is 17.7. The molecule has 0 saturated heterocycles. The molecule has 4 aromatic rings. The third-order valence-corrected chi connectivity index (χ3v) is 4.89. The standard InChI is InChI=1S/C23H18FN3O/c1-15-16(2)28-23(21(15)11-25)26-12-18-14-27(22-6-4-3-5-20(18)22)13-17-7-9-19(24)10-8-17/h3-10,12,14H,13H2,1-2H3/b26-12+. The van der Waals surface area contributed by atoms with E-state index in [1.807, 2.05) is 44.3 Å². The van der Waals surface area contributed by atoms with Gasteiger partial charge in [0, 0.05) is 41.0 Å². The molecule has 0 atom stereocenters. The molecule has 4 rings (SSSR count). The highest BCUT2D eigenvalue weighted by atomic mass is 19.1. The van der Waals surface area contributed by atoms with E-state index in [1.54, 1.807) is 18.3 Å². The van der Waals surface area contributed by atoms with Crippen LogP contribution in [-0.2, 0) is 6.54 Å². The lowest BCUT2D eigenvalue weighted by Gasteiger charge is -2.05. The predicted octanol–water partition coefficient (Wildman–Crippen LogP) is 5.66. The molecule has 4 nitrogen and oxygen atoms in total. The number of benzene rings is 2. The first-order valence-corrected chi connectivity index (χ1v) is 8.93. The third kappa shape index (κ3) is 3.21. The van der Waals surface area contributed by atoms with Gasteiger partial charge in [0.2, 0.25) is 5.88 Å². The molecule has 0 amide bonds. The molecule has 0 aliphatic rings. The number of aromatic nitrogens is 1. The highest BCUT2D eigenvalue weighted by molar-refractivity contribution is 6.00. The van der Waals surface area contributed by atoms with Gasteiger partial charge in [0.25, 0.3) is 0 Å². The van der Waals surface area contributed by atoms with E-state index in [2.05, 4.69) is 15.6 Å². The number of aryl methyl sites for hydroxylation is 1. The Morgan fingerprint density at radius 1 is 1.14 bits per heavy atom. The Morgan fingerprint density at radius 2 is 1.89 bits per heavy atom. The number of halogens is 1. The summed E-state index contributed by atoms with van der Waals surface area (Å²) in [4.78, 5) is 4.43. The molecule has 138 valence electrons. The van der Waals surface area contributed by atoms with Gasteiger partial charge in [-0.2, -0.15) is 5.26 Å². The first-order chi connectivity index (χ1) is 13.6. The molecule has 5 heteroatoms. The Hall–Kier alpha value is -3.65. The van der Waals surface area contributed by atoms with Crippen molar-refractivity contribution in [2.75, 3.05) is 0 Å². The van der Waals surface area contributed by atoms with E-state index >= 15 is 0 Å². The van der Waals surface area contributed by atoms with Crippen molar-refractivity contribution in [3.05, 3.63) is 88.6 Å². The second-order valence-corrected chi connectivity index (χ2v) is 6.69. The van der Waals surface area contributed by atoms with E-state index in [0.29, 0.717) is 23.8 Å². The molecule has 0 saturated carbocycles. The second kappa shape index (κ2) is 7.16. The van der Waals surface area contributed by atoms with Gasteiger partial charge in [-0.25, -0.2) is 9.38 Å². The number of para-hydroxylation sites is 1. The highest BCUT2D eigenvalue weighted by Gasteiger charge is 2.13. The minimum absolute atomic E-state index is 0.244. The summed E-state index contributed by atoms with van der Waals surface area (Å²) in [5.41, 5.74) is 4.26. The number of furan rings is 1. The van der Waals surface area contributed by atoms with Crippen molar-refractivity contribution >= 4 is 23.0 Å². The van der Waals surface area contributed by atoms with Crippen LogP contribution in [-0.4, -0.2) is 10.8 Å². The van der Waals surface area contributed by atoms with Gasteiger partial charge in [0.05, 0.1) is 0 Å². The minimum atomic E-state index is -0.244. The summed E-state index contributed by atoms with van der Waals surface area (Å²) in [6.07, 6.45) is 3.73. The highest BCUT2D eigenvalue weighted by Crippen LogP contribution is 2.28. The Bertz CT molecular complexity index is 1220. The maximum Gasteiger partial charge on any atom is 0.237 e. The summed E-state index contributed by atoms with van der Waals surface area (Å²) >= 11 is 0. The third-order valence-electron chi connectivity index (χ3n) is 4.89. The van der Waals surface area contributed by atoms with Crippen molar-refractivity contribution in [2.24, 2.45) is 4.99 Å². The summed E-state index contributed by atoms with van der Waals surface area (Å²) in [6, 6.07) is 16.7. The number of aliphatic imine (C=N–C) groups is 1. The van der Waals surface area contributed by atoms with Gasteiger partial charge in [-0.1, -0.05) is 30.3 Å². The molecule has 2 heterocycles. The van der Waals surface area contributed by atoms with Crippen LogP contribution in [0.15, 0.2) is 64.1 Å². The van der Waals surface area contributed by atoms with Crippen LogP contribution in [0.25, 0.3) is 10.9 Å². The summed E-state index contributed by atoms with van der Waals surface area (Å²) in [5, 5.41) is 10.4. The van der Waals surface area contributed by atoms with Gasteiger partial charge in [-0.15, -0.1) is 0 Å². The predicted molar refractivity (Wildman–Crippen MR) is 108 cm³/mol. The number of rotatable bonds is 4. The summed E-state index contributed by atoms with van der Waals surface area (Å²) in [7, 11) is 0. The van der Waals surface area contributed by atoms with Gasteiger partial charge in [0.1, 0.15) is 23.2 Å². The Balaban J connectivity index is 1.73. The van der Waals surface area contributed by atoms with Crippen molar-refractivity contribution in [3.8, 4) is 6.07 Å². The van der Waals surface area contributed by atoms with E-state index < -0.39 is 0 Å². The zero-order valence-corrected chi connectivity index (χ0v) is 15.6. The van der Waals surface area contributed by atoms with Crippen LogP contribution >= 0.6 is 0 Å². The Morgan fingerprint density at radius 3 is 2.64 bits per heavy atom. The van der Waals surface area contributed by atoms with Crippen molar-refractivity contribution < 1.29 is 8.81 Å². The minimum Gasteiger partial charge on any atom is -0.442 e. The van der Waals surface area contributed by atoms with Crippen LogP contribution in [0.2, 0.25) is 0 Å². The fourth-order valence-electron chi connectivity index (χ4n) is 3.26. The lowest BCUT2D eigenvalue weighted by molar-refractivity contribution is 0.542. The number of hydrogen-bond donors (Lipinski definition) is 0. The van der Waals surface area contributed by atoms with Crippen molar-refractivity contribution in [1.29, 1.82) is 5.26 Å². The number of nitriles is 1. The molecule has 0 aliphatic heterocycles. The Labute approximate surface area is 162 Å². The summed E-state index contributed by atoms with van der Waals surface area (Å²) < 4.78 is 20.9. The monoisotopic (exact) mass is 371 g/mol. The average Bonchev–Trinajstić information content (AvgIpc) is 3.19. The lowest BCUT2D eigenvalue weighted by Crippen LogP contribution is -1.97. The molecule has 0 fully saturated rings. The smallest absolute Gasteiger partial charge is 0.237 e. The SMILES string of the molecule is Cc1oc(/N=C/c2cn(Cc3ccc(F)cc3)c3ccccc23)c(C#N)c1C. The molecular formula is C23H18FN3O. The van der Waals surface area contributed by atoms with Gasteiger partial charge in [-0.3, -0.25) is 0 Å². The second-order valence-electron chi connectivity index (χ2n) is 6.69. The van der Waals surface area contributed by atoms with E-state index in [1.165, 1.54) is 12.1 Å². The van der Waals surface area contributed by atoms with E-state index in [9.17, 15) is 9.65 Å². The van der Waals surface area contributed by atoms with Crippen molar-refractivity contribution in [3.63, 3.8) is 0 Å². The summed E-state index contributed by atoms with van der Waals surface area (Å²) in [6.45, 7) is 4.30. The van der Waals surface area contributed by atoms with Gasteiger partial charge >= 0.3 is 0 Å². The van der Waals surface area contributed by atoms with Gasteiger partial charge in [-0.05, 0) is 37.6 Å². The van der Waals surface area contributed by atoms with Crippen LogP contribution < -0.4 is 0 Å².